The number of benzene rings is 3. The van der Waals surface area contributed by atoms with Crippen LogP contribution in [0.15, 0.2) is 89.6 Å². The van der Waals surface area contributed by atoms with Crippen molar-refractivity contribution >= 4 is 17.8 Å². The van der Waals surface area contributed by atoms with Gasteiger partial charge in [0.2, 0.25) is 0 Å². The van der Waals surface area contributed by atoms with Crippen molar-refractivity contribution in [1.82, 2.24) is 0 Å². The van der Waals surface area contributed by atoms with Crippen LogP contribution in [-0.2, 0) is 16.1 Å². The van der Waals surface area contributed by atoms with Gasteiger partial charge in [-0.2, -0.15) is 0 Å². The first-order chi connectivity index (χ1) is 16.6. The Balaban J connectivity index is 1.40. The van der Waals surface area contributed by atoms with Crippen molar-refractivity contribution in [3.8, 4) is 5.75 Å². The molecule has 3 aromatic rings. The predicted octanol–water partition coefficient (Wildman–Crippen LogP) is 6.44. The molecule has 0 unspecified atom stereocenters. The highest BCUT2D eigenvalue weighted by Gasteiger charge is 2.17. The van der Waals surface area contributed by atoms with E-state index >= 15 is 0 Å². The summed E-state index contributed by atoms with van der Waals surface area (Å²) in [7, 11) is 0. The van der Waals surface area contributed by atoms with Gasteiger partial charge in [0.15, 0.2) is 12.7 Å². The molecule has 0 heterocycles. The molecular weight excluding hydrogens is 426 g/mol. The van der Waals surface area contributed by atoms with Gasteiger partial charge in [0, 0.05) is 5.56 Å². The van der Waals surface area contributed by atoms with E-state index in [0.29, 0.717) is 5.75 Å². The van der Waals surface area contributed by atoms with E-state index < -0.39 is 5.97 Å². The Morgan fingerprint density at radius 2 is 1.62 bits per heavy atom. The van der Waals surface area contributed by atoms with Crippen LogP contribution in [0.2, 0.25) is 0 Å². The van der Waals surface area contributed by atoms with E-state index in [0.717, 1.165) is 53.6 Å². The van der Waals surface area contributed by atoms with Crippen LogP contribution in [0.1, 0.15) is 54.5 Å². The van der Waals surface area contributed by atoms with Crippen LogP contribution >= 0.6 is 0 Å². The van der Waals surface area contributed by atoms with E-state index in [1.807, 2.05) is 55.5 Å². The van der Waals surface area contributed by atoms with Gasteiger partial charge >= 0.3 is 5.97 Å². The molecule has 5 heteroatoms. The van der Waals surface area contributed by atoms with Gasteiger partial charge in [-0.15, -0.1) is 0 Å². The number of rotatable bonds is 10. The molecule has 1 N–H and O–H groups in total. The molecule has 0 bridgehead atoms. The highest BCUT2D eigenvalue weighted by atomic mass is 16.6. The average Bonchev–Trinajstić information content (AvgIpc) is 2.87. The van der Waals surface area contributed by atoms with Gasteiger partial charge in [0.1, 0.15) is 5.75 Å². The van der Waals surface area contributed by atoms with Crippen molar-refractivity contribution in [2.75, 3.05) is 6.61 Å². The quantitative estimate of drug-likeness (QED) is 0.282. The first-order valence-electron chi connectivity index (χ1n) is 11.6. The number of hydrogen-bond donors (Lipinski definition) is 1. The first-order valence-corrected chi connectivity index (χ1v) is 11.6. The molecule has 3 aromatic carbocycles. The van der Waals surface area contributed by atoms with E-state index in [1.54, 1.807) is 0 Å². The molecule has 174 valence electrons. The lowest BCUT2D eigenvalue weighted by Crippen LogP contribution is -2.12. The topological polar surface area (TPSA) is 68.1 Å². The minimum absolute atomic E-state index is 0.248. The van der Waals surface area contributed by atoms with Crippen LogP contribution in [0.25, 0.3) is 6.08 Å². The summed E-state index contributed by atoms with van der Waals surface area (Å²) in [5, 5.41) is 13.4. The highest BCUT2D eigenvalue weighted by Crippen LogP contribution is 2.33. The van der Waals surface area contributed by atoms with E-state index in [4.69, 9.17) is 14.7 Å². The van der Waals surface area contributed by atoms with Crippen molar-refractivity contribution in [2.24, 2.45) is 5.16 Å². The molecule has 0 saturated carbocycles. The average molecular weight is 456 g/mol. The fourth-order valence-electron chi connectivity index (χ4n) is 4.13. The Bertz CT molecular complexity index is 1130. The number of fused-ring (bicyclic) bond motifs is 1. The second kappa shape index (κ2) is 11.3. The maximum Gasteiger partial charge on any atom is 0.341 e. The normalized spacial score (nSPS) is 13.2. The summed E-state index contributed by atoms with van der Waals surface area (Å²) in [4.78, 5) is 16.9. The van der Waals surface area contributed by atoms with E-state index in [2.05, 4.69) is 41.6 Å². The molecule has 0 saturated heterocycles. The molecule has 0 spiro atoms. The van der Waals surface area contributed by atoms with Gasteiger partial charge in [-0.1, -0.05) is 89.6 Å². The summed E-state index contributed by atoms with van der Waals surface area (Å²) in [6.45, 7) is 1.68. The van der Waals surface area contributed by atoms with Crippen molar-refractivity contribution in [3.05, 3.63) is 107 Å². The lowest BCUT2D eigenvalue weighted by molar-refractivity contribution is -0.139. The molecule has 0 aromatic heterocycles. The molecule has 0 aliphatic heterocycles. The van der Waals surface area contributed by atoms with Crippen LogP contribution in [0.5, 0.6) is 5.75 Å². The summed E-state index contributed by atoms with van der Waals surface area (Å²) in [5.74, 6) is -0.308. The Morgan fingerprint density at radius 1 is 0.941 bits per heavy atom. The van der Waals surface area contributed by atoms with Crippen LogP contribution in [0, 0.1) is 0 Å². The smallest absolute Gasteiger partial charge is 0.341 e. The largest absolute Gasteiger partial charge is 0.482 e. The molecule has 4 rings (SSSR count). The molecule has 5 nitrogen and oxygen atoms in total. The van der Waals surface area contributed by atoms with Gasteiger partial charge in [0.05, 0.1) is 5.71 Å². The van der Waals surface area contributed by atoms with Gasteiger partial charge in [-0.05, 0) is 55.4 Å². The van der Waals surface area contributed by atoms with Crippen LogP contribution < -0.4 is 4.74 Å². The molecule has 0 atom stereocenters. The number of ether oxygens (including phenoxy) is 1. The predicted molar refractivity (Wildman–Crippen MR) is 134 cm³/mol. The van der Waals surface area contributed by atoms with E-state index in [9.17, 15) is 4.79 Å². The minimum Gasteiger partial charge on any atom is -0.482 e. The number of carboxylic acids is 1. The van der Waals surface area contributed by atoms with Gasteiger partial charge in [-0.25, -0.2) is 4.79 Å². The molecule has 0 fully saturated rings. The molecule has 0 amide bonds. The molecule has 0 radical (unpaired) electrons. The third kappa shape index (κ3) is 6.13. The molecule has 34 heavy (non-hydrogen) atoms. The zero-order valence-electron chi connectivity index (χ0n) is 19.3. The van der Waals surface area contributed by atoms with E-state index in [-0.39, 0.29) is 12.7 Å². The number of nitrogens with zero attached hydrogens (tertiary/aromatic N) is 1. The van der Waals surface area contributed by atoms with Crippen molar-refractivity contribution in [1.29, 1.82) is 0 Å². The Kier molecular flexibility index (Phi) is 7.76. The SMILES string of the molecule is CC(CCC1=Cc2cccc(OCC(=O)O)c2CC1)=NOC(c1ccccc1)c1ccccc1. The molecule has 1 aliphatic rings. The summed E-state index contributed by atoms with van der Waals surface area (Å²) in [6.07, 6.45) is 5.42. The van der Waals surface area contributed by atoms with Gasteiger partial charge in [-0.3, -0.25) is 0 Å². The fourth-order valence-corrected chi connectivity index (χ4v) is 4.13. The van der Waals surface area contributed by atoms with Gasteiger partial charge < -0.3 is 14.7 Å². The number of carbonyl (C=O) groups is 1. The zero-order chi connectivity index (χ0) is 23.8. The second-order valence-corrected chi connectivity index (χ2v) is 8.44. The number of allylic oxidation sites excluding steroid dienone is 1. The second-order valence-electron chi connectivity index (χ2n) is 8.44. The highest BCUT2D eigenvalue weighted by molar-refractivity contribution is 5.81. The van der Waals surface area contributed by atoms with Crippen LogP contribution in [0.3, 0.4) is 0 Å². The third-order valence-electron chi connectivity index (χ3n) is 5.90. The van der Waals surface area contributed by atoms with Crippen molar-refractivity contribution in [3.63, 3.8) is 0 Å². The number of oxime groups is 1. The maximum atomic E-state index is 10.8. The zero-order valence-corrected chi connectivity index (χ0v) is 19.3. The molecular formula is C29H29NO4. The number of aliphatic carboxylic acids is 1. The lowest BCUT2D eigenvalue weighted by Gasteiger charge is -2.20. The first kappa shape index (κ1) is 23.3. The number of hydrogen-bond acceptors (Lipinski definition) is 4. The maximum absolute atomic E-state index is 10.8. The third-order valence-corrected chi connectivity index (χ3v) is 5.90. The summed E-state index contributed by atoms with van der Waals surface area (Å²) in [6, 6.07) is 26.1. The number of carboxylic acid groups (broad SMARTS) is 1. The van der Waals surface area contributed by atoms with E-state index in [1.165, 1.54) is 5.57 Å². The van der Waals surface area contributed by atoms with Crippen LogP contribution in [-0.4, -0.2) is 23.4 Å². The monoisotopic (exact) mass is 455 g/mol. The Hall–Kier alpha value is -3.86. The van der Waals surface area contributed by atoms with Crippen molar-refractivity contribution < 1.29 is 19.5 Å². The Morgan fingerprint density at radius 3 is 2.26 bits per heavy atom. The standard InChI is InChI=1S/C29H29NO4/c1-21(30-34-29(23-9-4-2-5-10-23)24-11-6-3-7-12-24)15-16-22-17-18-26-25(19-22)13-8-14-27(26)33-20-28(31)32/h2-14,19,29H,15-18,20H2,1H3,(H,31,32). The lowest BCUT2D eigenvalue weighted by atomic mass is 9.89. The molecule has 1 aliphatic carbocycles. The Labute approximate surface area is 200 Å². The minimum atomic E-state index is -0.969. The summed E-state index contributed by atoms with van der Waals surface area (Å²) < 4.78 is 5.46. The summed E-state index contributed by atoms with van der Waals surface area (Å²) in [5.41, 5.74) is 6.61. The van der Waals surface area contributed by atoms with Gasteiger partial charge in [0.25, 0.3) is 0 Å². The van der Waals surface area contributed by atoms with Crippen molar-refractivity contribution in [2.45, 2.75) is 38.7 Å². The fraction of sp³-hybridized carbons (Fsp3) is 0.241. The summed E-state index contributed by atoms with van der Waals surface area (Å²) >= 11 is 0. The van der Waals surface area contributed by atoms with Crippen LogP contribution in [0.4, 0.5) is 0 Å².